The van der Waals surface area contributed by atoms with Crippen LogP contribution in [0.3, 0.4) is 0 Å². The number of carbonyl (C=O) groups is 2. The Hall–Kier alpha value is -1.17. The van der Waals surface area contributed by atoms with E-state index in [9.17, 15) is 9.59 Å². The smallest absolute Gasteiger partial charge is 0.224 e. The highest BCUT2D eigenvalue weighted by Gasteiger charge is 2.11. The molecule has 2 aromatic rings. The first-order chi connectivity index (χ1) is 9.95. The van der Waals surface area contributed by atoms with E-state index < -0.39 is 0 Å². The Morgan fingerprint density at radius 3 is 2.62 bits per heavy atom. The van der Waals surface area contributed by atoms with E-state index in [1.54, 1.807) is 12.1 Å². The van der Waals surface area contributed by atoms with Gasteiger partial charge in [-0.05, 0) is 42.8 Å². The molecule has 3 nitrogen and oxygen atoms in total. The van der Waals surface area contributed by atoms with Crippen molar-refractivity contribution in [2.24, 2.45) is 0 Å². The molecular formula is C15H13BrClNO2S. The van der Waals surface area contributed by atoms with Crippen LogP contribution in [0, 0.1) is 6.92 Å². The van der Waals surface area contributed by atoms with Crippen molar-refractivity contribution in [1.82, 2.24) is 0 Å². The topological polar surface area (TPSA) is 46.2 Å². The van der Waals surface area contributed by atoms with Gasteiger partial charge >= 0.3 is 0 Å². The number of Topliss-reactive ketones (excluding diaryl/α,β-unsaturated/α-hetero) is 1. The van der Waals surface area contributed by atoms with E-state index in [1.165, 1.54) is 11.3 Å². The lowest BCUT2D eigenvalue weighted by Gasteiger charge is -2.06. The molecule has 0 spiro atoms. The summed E-state index contributed by atoms with van der Waals surface area (Å²) in [6, 6.07) is 8.94. The van der Waals surface area contributed by atoms with Gasteiger partial charge in [-0.25, -0.2) is 0 Å². The van der Waals surface area contributed by atoms with Crippen LogP contribution in [-0.4, -0.2) is 11.7 Å². The predicted molar refractivity (Wildman–Crippen MR) is 90.4 cm³/mol. The molecule has 0 radical (unpaired) electrons. The quantitative estimate of drug-likeness (QED) is 0.729. The Labute approximate surface area is 140 Å². The number of amides is 1. The lowest BCUT2D eigenvalue weighted by atomic mass is 10.1. The van der Waals surface area contributed by atoms with Crippen LogP contribution in [0.4, 0.5) is 5.69 Å². The molecule has 0 unspecified atom stereocenters. The molecule has 1 aromatic carbocycles. The molecule has 6 heteroatoms. The molecule has 0 aliphatic carbocycles. The van der Waals surface area contributed by atoms with Crippen molar-refractivity contribution in [3.05, 3.63) is 49.6 Å². The summed E-state index contributed by atoms with van der Waals surface area (Å²) < 4.78 is 1.57. The number of anilines is 1. The number of benzene rings is 1. The van der Waals surface area contributed by atoms with E-state index >= 15 is 0 Å². The molecule has 0 aliphatic heterocycles. The third-order valence-electron chi connectivity index (χ3n) is 2.87. The predicted octanol–water partition coefficient (Wildman–Crippen LogP) is 5.07. The van der Waals surface area contributed by atoms with Crippen molar-refractivity contribution < 1.29 is 9.59 Å². The first kappa shape index (κ1) is 16.2. The second-order valence-electron chi connectivity index (χ2n) is 4.54. The molecular weight excluding hydrogens is 374 g/mol. The van der Waals surface area contributed by atoms with Gasteiger partial charge in [0.2, 0.25) is 5.91 Å². The molecule has 2 rings (SSSR count). The van der Waals surface area contributed by atoms with Crippen LogP contribution in [-0.2, 0) is 4.79 Å². The molecule has 0 atom stereocenters. The normalized spacial score (nSPS) is 10.4. The van der Waals surface area contributed by atoms with Crippen LogP contribution < -0.4 is 5.32 Å². The Morgan fingerprint density at radius 1 is 1.24 bits per heavy atom. The number of thiophene rings is 1. The van der Waals surface area contributed by atoms with Crippen LogP contribution in [0.1, 0.15) is 28.1 Å². The van der Waals surface area contributed by atoms with E-state index in [2.05, 4.69) is 21.2 Å². The number of hydrogen-bond acceptors (Lipinski definition) is 3. The SMILES string of the molecule is Cc1cc(NC(=O)CCC(=O)c2ccc(Cl)s2)ccc1Br. The van der Waals surface area contributed by atoms with E-state index in [-0.39, 0.29) is 24.5 Å². The zero-order chi connectivity index (χ0) is 15.4. The molecule has 0 bridgehead atoms. The van der Waals surface area contributed by atoms with Crippen LogP contribution in [0.5, 0.6) is 0 Å². The molecule has 0 aliphatic rings. The van der Waals surface area contributed by atoms with Gasteiger partial charge in [-0.15, -0.1) is 11.3 Å². The Bertz CT molecular complexity index is 684. The lowest BCUT2D eigenvalue weighted by molar-refractivity contribution is -0.116. The zero-order valence-electron chi connectivity index (χ0n) is 11.3. The molecule has 1 N–H and O–H groups in total. The Morgan fingerprint density at radius 2 is 2.00 bits per heavy atom. The van der Waals surface area contributed by atoms with Gasteiger partial charge in [0.1, 0.15) is 0 Å². The molecule has 0 saturated heterocycles. The third kappa shape index (κ3) is 4.66. The standard InChI is InChI=1S/C15H13BrClNO2S/c1-9-8-10(2-3-11(9)16)18-15(20)7-4-12(19)13-5-6-14(17)21-13/h2-3,5-6,8H,4,7H2,1H3,(H,18,20). The van der Waals surface area contributed by atoms with Gasteiger partial charge in [-0.3, -0.25) is 9.59 Å². The first-order valence-corrected chi connectivity index (χ1v) is 8.29. The van der Waals surface area contributed by atoms with Crippen molar-refractivity contribution in [3.8, 4) is 0 Å². The van der Waals surface area contributed by atoms with Crippen molar-refractivity contribution in [3.63, 3.8) is 0 Å². The number of nitrogens with one attached hydrogen (secondary N) is 1. The van der Waals surface area contributed by atoms with Crippen molar-refractivity contribution in [2.45, 2.75) is 19.8 Å². The van der Waals surface area contributed by atoms with Gasteiger partial charge in [0.15, 0.2) is 5.78 Å². The highest BCUT2D eigenvalue weighted by Crippen LogP contribution is 2.23. The summed E-state index contributed by atoms with van der Waals surface area (Å²) in [5, 5.41) is 2.79. The van der Waals surface area contributed by atoms with Crippen molar-refractivity contribution in [1.29, 1.82) is 0 Å². The highest BCUT2D eigenvalue weighted by molar-refractivity contribution is 9.10. The van der Waals surface area contributed by atoms with Crippen LogP contribution >= 0.6 is 38.9 Å². The van der Waals surface area contributed by atoms with Crippen LogP contribution in [0.2, 0.25) is 4.34 Å². The molecule has 110 valence electrons. The molecule has 1 heterocycles. The summed E-state index contributed by atoms with van der Waals surface area (Å²) in [7, 11) is 0. The van der Waals surface area contributed by atoms with Gasteiger partial charge in [0.05, 0.1) is 9.21 Å². The average Bonchev–Trinajstić information content (AvgIpc) is 2.87. The molecule has 1 aromatic heterocycles. The van der Waals surface area contributed by atoms with Crippen molar-refractivity contribution in [2.75, 3.05) is 5.32 Å². The van der Waals surface area contributed by atoms with Crippen LogP contribution in [0.25, 0.3) is 0 Å². The average molecular weight is 387 g/mol. The number of carbonyl (C=O) groups excluding carboxylic acids is 2. The minimum absolute atomic E-state index is 0.0611. The number of halogens is 2. The Balaban J connectivity index is 1.87. The van der Waals surface area contributed by atoms with Crippen LogP contribution in [0.15, 0.2) is 34.8 Å². The first-order valence-electron chi connectivity index (χ1n) is 6.30. The maximum absolute atomic E-state index is 11.9. The third-order valence-corrected chi connectivity index (χ3v) is 5.03. The number of rotatable bonds is 5. The summed E-state index contributed by atoms with van der Waals surface area (Å²) in [4.78, 5) is 24.3. The fraction of sp³-hybridized carbons (Fsp3) is 0.200. The van der Waals surface area contributed by atoms with Gasteiger partial charge < -0.3 is 5.32 Å². The number of aryl methyl sites for hydroxylation is 1. The highest BCUT2D eigenvalue weighted by atomic mass is 79.9. The van der Waals surface area contributed by atoms with Crippen molar-refractivity contribution >= 4 is 56.2 Å². The largest absolute Gasteiger partial charge is 0.326 e. The molecule has 0 saturated carbocycles. The fourth-order valence-electron chi connectivity index (χ4n) is 1.76. The van der Waals surface area contributed by atoms with Gasteiger partial charge in [0.25, 0.3) is 0 Å². The summed E-state index contributed by atoms with van der Waals surface area (Å²) in [5.74, 6) is -0.234. The summed E-state index contributed by atoms with van der Waals surface area (Å²) >= 11 is 10.4. The lowest BCUT2D eigenvalue weighted by Crippen LogP contribution is -2.13. The second-order valence-corrected chi connectivity index (χ2v) is 7.11. The van der Waals surface area contributed by atoms with Gasteiger partial charge in [-0.1, -0.05) is 27.5 Å². The van der Waals surface area contributed by atoms with Gasteiger partial charge in [0, 0.05) is 23.0 Å². The van der Waals surface area contributed by atoms with E-state index in [1.807, 2.05) is 25.1 Å². The summed E-state index contributed by atoms with van der Waals surface area (Å²) in [6.07, 6.45) is 0.335. The number of hydrogen-bond donors (Lipinski definition) is 1. The second kappa shape index (κ2) is 7.20. The minimum Gasteiger partial charge on any atom is -0.326 e. The Kier molecular flexibility index (Phi) is 5.56. The fourth-order valence-corrected chi connectivity index (χ4v) is 3.02. The zero-order valence-corrected chi connectivity index (χ0v) is 14.4. The maximum atomic E-state index is 11.9. The van der Waals surface area contributed by atoms with E-state index in [0.29, 0.717) is 9.21 Å². The molecule has 0 fully saturated rings. The monoisotopic (exact) mass is 385 g/mol. The summed E-state index contributed by atoms with van der Waals surface area (Å²) in [6.45, 7) is 1.95. The minimum atomic E-state index is -0.173. The molecule has 1 amide bonds. The molecule has 21 heavy (non-hydrogen) atoms. The maximum Gasteiger partial charge on any atom is 0.224 e. The van der Waals surface area contributed by atoms with Gasteiger partial charge in [-0.2, -0.15) is 0 Å². The number of ketones is 1. The van der Waals surface area contributed by atoms with E-state index in [4.69, 9.17) is 11.6 Å². The summed E-state index contributed by atoms with van der Waals surface area (Å²) in [5.41, 5.74) is 1.77. The van der Waals surface area contributed by atoms with E-state index in [0.717, 1.165) is 15.7 Å².